The van der Waals surface area contributed by atoms with Crippen LogP contribution >= 0.6 is 0 Å². The first-order valence-electron chi connectivity index (χ1n) is 6.15. The van der Waals surface area contributed by atoms with E-state index in [2.05, 4.69) is 4.84 Å². The number of carbonyl (C=O) groups is 1. The number of carboxylic acids is 1. The van der Waals surface area contributed by atoms with Crippen molar-refractivity contribution in [3.05, 3.63) is 18.2 Å². The summed E-state index contributed by atoms with van der Waals surface area (Å²) in [5.74, 6) is -0.593. The Kier molecular flexibility index (Phi) is 6.40. The highest BCUT2D eigenvalue weighted by molar-refractivity contribution is 7.89. The standard InChI is InChI=1S/C12H17NO7S/c1-3-18-10-6-5-9(7-11(10)19-4-2)21(16,17)13-20-8-12(14)15/h5-7,13H,3-4,8H2,1-2H3,(H,14,15). The number of benzene rings is 1. The first kappa shape index (κ1) is 17.2. The number of hydrogen-bond acceptors (Lipinski definition) is 6. The molecule has 1 aromatic carbocycles. The molecule has 0 aliphatic heterocycles. The van der Waals surface area contributed by atoms with Gasteiger partial charge in [-0.2, -0.15) is 0 Å². The third-order valence-electron chi connectivity index (χ3n) is 2.19. The van der Waals surface area contributed by atoms with Gasteiger partial charge in [-0.15, -0.1) is 0 Å². The Morgan fingerprint density at radius 3 is 2.38 bits per heavy atom. The van der Waals surface area contributed by atoms with Crippen molar-refractivity contribution in [2.75, 3.05) is 19.8 Å². The molecule has 9 heteroatoms. The highest BCUT2D eigenvalue weighted by atomic mass is 32.2. The maximum atomic E-state index is 11.9. The lowest BCUT2D eigenvalue weighted by Crippen LogP contribution is -2.26. The number of aliphatic carboxylic acids is 1. The highest BCUT2D eigenvalue weighted by Gasteiger charge is 2.18. The van der Waals surface area contributed by atoms with Gasteiger partial charge in [0.25, 0.3) is 10.0 Å². The van der Waals surface area contributed by atoms with Crippen LogP contribution in [0.5, 0.6) is 11.5 Å². The second kappa shape index (κ2) is 7.81. The minimum atomic E-state index is -4.00. The molecule has 1 aromatic rings. The molecule has 118 valence electrons. The van der Waals surface area contributed by atoms with E-state index in [-0.39, 0.29) is 10.6 Å². The quantitative estimate of drug-likeness (QED) is 0.647. The van der Waals surface area contributed by atoms with Crippen LogP contribution in [0, 0.1) is 0 Å². The van der Waals surface area contributed by atoms with Crippen molar-refractivity contribution in [3.8, 4) is 11.5 Å². The van der Waals surface area contributed by atoms with Crippen molar-refractivity contribution in [1.29, 1.82) is 0 Å². The zero-order valence-corrected chi connectivity index (χ0v) is 12.5. The number of carboxylic acid groups (broad SMARTS) is 1. The first-order valence-corrected chi connectivity index (χ1v) is 7.64. The van der Waals surface area contributed by atoms with Gasteiger partial charge in [0, 0.05) is 6.07 Å². The van der Waals surface area contributed by atoms with E-state index in [4.69, 9.17) is 14.6 Å². The van der Waals surface area contributed by atoms with Crippen LogP contribution in [-0.4, -0.2) is 39.3 Å². The van der Waals surface area contributed by atoms with Gasteiger partial charge in [-0.1, -0.05) is 4.89 Å². The summed E-state index contributed by atoms with van der Waals surface area (Å²) in [5.41, 5.74) is 0. The van der Waals surface area contributed by atoms with E-state index in [1.54, 1.807) is 18.7 Å². The number of nitrogens with one attached hydrogen (secondary N) is 1. The molecule has 0 saturated carbocycles. The maximum absolute atomic E-state index is 11.9. The van der Waals surface area contributed by atoms with Crippen LogP contribution in [0.2, 0.25) is 0 Å². The van der Waals surface area contributed by atoms with Crippen LogP contribution in [0.3, 0.4) is 0 Å². The fourth-order valence-corrected chi connectivity index (χ4v) is 2.24. The molecular formula is C12H17NO7S. The zero-order valence-electron chi connectivity index (χ0n) is 11.7. The minimum Gasteiger partial charge on any atom is -0.490 e. The van der Waals surface area contributed by atoms with Crippen LogP contribution in [-0.2, 0) is 19.7 Å². The third-order valence-corrected chi connectivity index (χ3v) is 3.40. The molecule has 0 atom stereocenters. The lowest BCUT2D eigenvalue weighted by atomic mass is 10.3. The Bertz CT molecular complexity index is 585. The molecule has 1 rings (SSSR count). The second-order valence-corrected chi connectivity index (χ2v) is 5.39. The molecule has 0 amide bonds. The SMILES string of the molecule is CCOc1ccc(S(=O)(=O)NOCC(=O)O)cc1OCC. The number of hydrogen-bond donors (Lipinski definition) is 2. The molecule has 0 aliphatic rings. The van der Waals surface area contributed by atoms with E-state index >= 15 is 0 Å². The molecule has 0 aromatic heterocycles. The van der Waals surface area contributed by atoms with E-state index in [0.29, 0.717) is 19.0 Å². The molecule has 0 radical (unpaired) electrons. The monoisotopic (exact) mass is 319 g/mol. The normalized spacial score (nSPS) is 11.1. The lowest BCUT2D eigenvalue weighted by Gasteiger charge is -2.12. The topological polar surface area (TPSA) is 111 Å². The van der Waals surface area contributed by atoms with Gasteiger partial charge in [0.2, 0.25) is 0 Å². The van der Waals surface area contributed by atoms with Gasteiger partial charge in [0.1, 0.15) is 0 Å². The lowest BCUT2D eigenvalue weighted by molar-refractivity contribution is -0.143. The predicted octanol–water partition coefficient (Wildman–Crippen LogP) is 0.778. The maximum Gasteiger partial charge on any atom is 0.331 e. The minimum absolute atomic E-state index is 0.125. The molecule has 0 fully saturated rings. The zero-order chi connectivity index (χ0) is 15.9. The van der Waals surface area contributed by atoms with Crippen molar-refractivity contribution < 1.29 is 32.6 Å². The van der Waals surface area contributed by atoms with Gasteiger partial charge in [-0.3, -0.25) is 4.84 Å². The van der Waals surface area contributed by atoms with Gasteiger partial charge < -0.3 is 14.6 Å². The van der Waals surface area contributed by atoms with E-state index in [0.717, 1.165) is 0 Å². The third kappa shape index (κ3) is 5.21. The van der Waals surface area contributed by atoms with E-state index in [9.17, 15) is 13.2 Å². The molecule has 2 N–H and O–H groups in total. The molecular weight excluding hydrogens is 302 g/mol. The summed E-state index contributed by atoms with van der Waals surface area (Å²) in [4.78, 5) is 16.3. The summed E-state index contributed by atoms with van der Waals surface area (Å²) in [6, 6.07) is 4.04. The van der Waals surface area contributed by atoms with Crippen molar-refractivity contribution in [3.63, 3.8) is 0 Å². The van der Waals surface area contributed by atoms with Gasteiger partial charge in [-0.25, -0.2) is 13.2 Å². The van der Waals surface area contributed by atoms with Crippen LogP contribution in [0.25, 0.3) is 0 Å². The molecule has 0 saturated heterocycles. The van der Waals surface area contributed by atoms with Crippen molar-refractivity contribution in [2.24, 2.45) is 0 Å². The van der Waals surface area contributed by atoms with E-state index < -0.39 is 22.6 Å². The first-order chi connectivity index (χ1) is 9.90. The average molecular weight is 319 g/mol. The molecule has 21 heavy (non-hydrogen) atoms. The second-order valence-electron chi connectivity index (χ2n) is 3.74. The van der Waals surface area contributed by atoms with E-state index in [1.807, 2.05) is 0 Å². The smallest absolute Gasteiger partial charge is 0.331 e. The summed E-state index contributed by atoms with van der Waals surface area (Å²) in [6.07, 6.45) is 0. The Hall–Kier alpha value is -1.84. The fourth-order valence-electron chi connectivity index (χ4n) is 1.42. The Labute approximate surface area is 122 Å². The van der Waals surface area contributed by atoms with Crippen LogP contribution in [0.15, 0.2) is 23.1 Å². The number of rotatable bonds is 9. The number of ether oxygens (including phenoxy) is 2. The van der Waals surface area contributed by atoms with Gasteiger partial charge in [-0.05, 0) is 26.0 Å². The highest BCUT2D eigenvalue weighted by Crippen LogP contribution is 2.30. The van der Waals surface area contributed by atoms with Crippen molar-refractivity contribution in [2.45, 2.75) is 18.7 Å². The molecule has 0 spiro atoms. The van der Waals surface area contributed by atoms with Crippen LogP contribution in [0.1, 0.15) is 13.8 Å². The van der Waals surface area contributed by atoms with Gasteiger partial charge >= 0.3 is 5.97 Å². The summed E-state index contributed by atoms with van der Waals surface area (Å²) >= 11 is 0. The Balaban J connectivity index is 2.95. The summed E-state index contributed by atoms with van der Waals surface area (Å²) < 4.78 is 34.5. The Morgan fingerprint density at radius 2 is 1.81 bits per heavy atom. The van der Waals surface area contributed by atoms with E-state index in [1.165, 1.54) is 18.2 Å². The van der Waals surface area contributed by atoms with Crippen molar-refractivity contribution in [1.82, 2.24) is 4.89 Å². The molecule has 0 aliphatic carbocycles. The fraction of sp³-hybridized carbons (Fsp3) is 0.417. The Morgan fingerprint density at radius 1 is 1.19 bits per heavy atom. The molecule has 0 heterocycles. The molecule has 8 nitrogen and oxygen atoms in total. The molecule has 0 bridgehead atoms. The summed E-state index contributed by atoms with van der Waals surface area (Å²) in [5, 5.41) is 8.39. The number of sulfonamides is 1. The van der Waals surface area contributed by atoms with Gasteiger partial charge in [0.15, 0.2) is 18.1 Å². The van der Waals surface area contributed by atoms with Gasteiger partial charge in [0.05, 0.1) is 18.1 Å². The average Bonchev–Trinajstić information content (AvgIpc) is 2.40. The molecule has 0 unspecified atom stereocenters. The summed E-state index contributed by atoms with van der Waals surface area (Å²) in [6.45, 7) is 3.51. The van der Waals surface area contributed by atoms with Crippen LogP contribution < -0.4 is 14.4 Å². The van der Waals surface area contributed by atoms with Crippen LogP contribution in [0.4, 0.5) is 0 Å². The largest absolute Gasteiger partial charge is 0.490 e. The summed E-state index contributed by atoms with van der Waals surface area (Å²) in [7, 11) is -4.00. The predicted molar refractivity (Wildman–Crippen MR) is 72.7 cm³/mol. The van der Waals surface area contributed by atoms with Crippen molar-refractivity contribution >= 4 is 16.0 Å².